The minimum Gasteiger partial charge on any atom is -0.480 e. The van der Waals surface area contributed by atoms with E-state index < -0.39 is 12.0 Å². The molecule has 7 nitrogen and oxygen atoms in total. The largest absolute Gasteiger partial charge is 0.480 e. The summed E-state index contributed by atoms with van der Waals surface area (Å²) in [7, 11) is 0. The van der Waals surface area contributed by atoms with E-state index in [1.54, 1.807) is 0 Å². The number of carbonyl (C=O) groups is 3. The molecule has 0 spiro atoms. The molecule has 9 heteroatoms. The molecule has 1 saturated heterocycles. The number of carboxylic acid groups (broad SMARTS) is 1. The Morgan fingerprint density at radius 2 is 1.96 bits per heavy atom. The number of rotatable bonds is 11. The van der Waals surface area contributed by atoms with Crippen molar-refractivity contribution in [2.45, 2.75) is 57.2 Å². The number of carbonyl (C=O) groups excluding carboxylic acids is 2. The Hall–Kier alpha value is -1.09. The van der Waals surface area contributed by atoms with Gasteiger partial charge in [0.1, 0.15) is 6.04 Å². The van der Waals surface area contributed by atoms with Crippen LogP contribution in [0.15, 0.2) is 0 Å². The maximum atomic E-state index is 11.8. The monoisotopic (exact) mass is 377 g/mol. The van der Waals surface area contributed by atoms with Crippen molar-refractivity contribution in [1.82, 2.24) is 16.0 Å². The van der Waals surface area contributed by atoms with Gasteiger partial charge in [0, 0.05) is 12.2 Å². The maximum Gasteiger partial charge on any atom is 0.326 e. The highest BCUT2D eigenvalue weighted by molar-refractivity contribution is 7.80. The lowest BCUT2D eigenvalue weighted by Crippen LogP contribution is -2.41. The number of carboxylic acids is 1. The Kier molecular flexibility index (Phi) is 9.35. The molecule has 0 aromatic carbocycles. The zero-order valence-electron chi connectivity index (χ0n) is 13.8. The van der Waals surface area contributed by atoms with Gasteiger partial charge in [0.05, 0.1) is 12.1 Å². The molecule has 0 aliphatic carbocycles. The van der Waals surface area contributed by atoms with Gasteiger partial charge in [-0.3, -0.25) is 4.79 Å². The Morgan fingerprint density at radius 1 is 1.25 bits per heavy atom. The topological polar surface area (TPSA) is 108 Å². The zero-order chi connectivity index (χ0) is 18.1. The number of unbranched alkanes of at least 4 members (excludes halogenated alkanes) is 1. The summed E-state index contributed by atoms with van der Waals surface area (Å²) in [5, 5.41) is 17.3. The zero-order valence-corrected chi connectivity index (χ0v) is 15.6. The van der Waals surface area contributed by atoms with E-state index in [1.165, 1.54) is 0 Å². The van der Waals surface area contributed by atoms with Gasteiger partial charge in [-0.1, -0.05) is 13.3 Å². The van der Waals surface area contributed by atoms with E-state index in [0.29, 0.717) is 30.8 Å². The Balaban J connectivity index is 2.26. The predicted molar refractivity (Wildman–Crippen MR) is 98.8 cm³/mol. The molecule has 4 atom stereocenters. The van der Waals surface area contributed by atoms with Gasteiger partial charge >= 0.3 is 12.0 Å². The highest BCUT2D eigenvalue weighted by atomic mass is 32.1. The number of aliphatic carboxylic acids is 1. The highest BCUT2D eigenvalue weighted by Crippen LogP contribution is 2.19. The van der Waals surface area contributed by atoms with Crippen molar-refractivity contribution >= 4 is 43.2 Å². The molecule has 1 heterocycles. The summed E-state index contributed by atoms with van der Waals surface area (Å²) >= 11 is 8.24. The fourth-order valence-electron chi connectivity index (χ4n) is 2.83. The fraction of sp³-hybridized carbons (Fsp3) is 0.800. The van der Waals surface area contributed by atoms with Gasteiger partial charge in [-0.15, -0.1) is 0 Å². The molecule has 4 N–H and O–H groups in total. The van der Waals surface area contributed by atoms with Crippen molar-refractivity contribution in [3.05, 3.63) is 0 Å². The highest BCUT2D eigenvalue weighted by Gasteiger charge is 2.33. The van der Waals surface area contributed by atoms with Crippen molar-refractivity contribution in [2.75, 3.05) is 11.5 Å². The van der Waals surface area contributed by atoms with Crippen LogP contribution in [-0.2, 0) is 9.59 Å². The molecule has 0 bridgehead atoms. The average molecular weight is 378 g/mol. The molecule has 0 radical (unpaired) electrons. The molecule has 1 rings (SSSR count). The minimum absolute atomic E-state index is 0.0247. The van der Waals surface area contributed by atoms with E-state index in [2.05, 4.69) is 48.1 Å². The first-order valence-corrected chi connectivity index (χ1v) is 9.46. The molecular formula is C15H27N3O4S2. The van der Waals surface area contributed by atoms with Crippen molar-refractivity contribution in [2.24, 2.45) is 5.92 Å². The van der Waals surface area contributed by atoms with E-state index in [1.807, 2.05) is 0 Å². The first kappa shape index (κ1) is 21.0. The average Bonchev–Trinajstić information content (AvgIpc) is 2.92. The third-order valence-corrected chi connectivity index (χ3v) is 4.87. The molecule has 1 fully saturated rings. The first-order chi connectivity index (χ1) is 11.4. The van der Waals surface area contributed by atoms with Crippen LogP contribution in [0.3, 0.4) is 0 Å². The third-order valence-electron chi connectivity index (χ3n) is 4.22. The number of hydrogen-bond acceptors (Lipinski definition) is 5. The van der Waals surface area contributed by atoms with Crippen LogP contribution in [0.5, 0.6) is 0 Å². The van der Waals surface area contributed by atoms with Crippen molar-refractivity contribution < 1.29 is 19.5 Å². The molecular weight excluding hydrogens is 350 g/mol. The van der Waals surface area contributed by atoms with Crippen LogP contribution < -0.4 is 16.0 Å². The summed E-state index contributed by atoms with van der Waals surface area (Å²) in [4.78, 5) is 34.2. The van der Waals surface area contributed by atoms with Gasteiger partial charge in [0.25, 0.3) is 0 Å². The number of urea groups is 1. The number of thiol groups is 2. The summed E-state index contributed by atoms with van der Waals surface area (Å²) in [6.07, 6.45) is 3.01. The van der Waals surface area contributed by atoms with Crippen LogP contribution in [0.1, 0.15) is 39.0 Å². The molecule has 2 unspecified atom stereocenters. The summed E-state index contributed by atoms with van der Waals surface area (Å²) in [6.45, 7) is 2.07. The second kappa shape index (κ2) is 10.7. The SMILES string of the molecule is CC(CCCCC(=O)NC(CCS)C(=O)O)[C@H]1NC(=O)N[C@H]1CS. The summed E-state index contributed by atoms with van der Waals surface area (Å²) in [5.41, 5.74) is 0. The normalized spacial score (nSPS) is 22.4. The lowest BCUT2D eigenvalue weighted by molar-refractivity contribution is -0.141. The first-order valence-electron chi connectivity index (χ1n) is 8.20. The number of nitrogens with one attached hydrogen (secondary N) is 3. The van der Waals surface area contributed by atoms with Gasteiger partial charge < -0.3 is 21.1 Å². The van der Waals surface area contributed by atoms with Crippen LogP contribution >= 0.6 is 25.3 Å². The molecule has 24 heavy (non-hydrogen) atoms. The Labute approximate surface area is 153 Å². The molecule has 3 amide bonds. The number of amides is 3. The van der Waals surface area contributed by atoms with E-state index in [0.717, 1.165) is 12.8 Å². The van der Waals surface area contributed by atoms with Gasteiger partial charge in [-0.05, 0) is 30.9 Å². The lowest BCUT2D eigenvalue weighted by Gasteiger charge is -2.23. The second-order valence-corrected chi connectivity index (χ2v) is 6.94. The summed E-state index contributed by atoms with van der Waals surface area (Å²) in [6, 6.07) is -0.952. The van der Waals surface area contributed by atoms with Crippen molar-refractivity contribution in [3.8, 4) is 0 Å². The van der Waals surface area contributed by atoms with Crippen molar-refractivity contribution in [1.29, 1.82) is 0 Å². The predicted octanol–water partition coefficient (Wildman–Crippen LogP) is 1.05. The quantitative estimate of drug-likeness (QED) is 0.239. The van der Waals surface area contributed by atoms with Crippen LogP contribution in [0.25, 0.3) is 0 Å². The van der Waals surface area contributed by atoms with Gasteiger partial charge in [-0.25, -0.2) is 9.59 Å². The van der Waals surface area contributed by atoms with Crippen LogP contribution in [0.4, 0.5) is 4.79 Å². The van der Waals surface area contributed by atoms with E-state index in [-0.39, 0.29) is 29.9 Å². The van der Waals surface area contributed by atoms with Gasteiger partial charge in [0.15, 0.2) is 0 Å². The third kappa shape index (κ3) is 6.80. The molecule has 1 aliphatic rings. The summed E-state index contributed by atoms with van der Waals surface area (Å²) < 4.78 is 0. The van der Waals surface area contributed by atoms with Crippen LogP contribution in [-0.4, -0.2) is 52.6 Å². The second-order valence-electron chi connectivity index (χ2n) is 6.13. The molecule has 0 aromatic heterocycles. The minimum atomic E-state index is -1.03. The fourth-order valence-corrected chi connectivity index (χ4v) is 3.41. The van der Waals surface area contributed by atoms with Crippen LogP contribution in [0.2, 0.25) is 0 Å². The molecule has 138 valence electrons. The van der Waals surface area contributed by atoms with E-state index in [4.69, 9.17) is 5.11 Å². The maximum absolute atomic E-state index is 11.8. The van der Waals surface area contributed by atoms with E-state index in [9.17, 15) is 14.4 Å². The van der Waals surface area contributed by atoms with Crippen molar-refractivity contribution in [3.63, 3.8) is 0 Å². The molecule has 0 aromatic rings. The summed E-state index contributed by atoms with van der Waals surface area (Å²) in [5.74, 6) is -0.0191. The van der Waals surface area contributed by atoms with Gasteiger partial charge in [-0.2, -0.15) is 25.3 Å². The number of hydrogen-bond donors (Lipinski definition) is 6. The van der Waals surface area contributed by atoms with E-state index >= 15 is 0 Å². The van der Waals surface area contributed by atoms with Crippen LogP contribution in [0, 0.1) is 5.92 Å². The Morgan fingerprint density at radius 3 is 2.54 bits per heavy atom. The molecule has 1 aliphatic heterocycles. The standard InChI is InChI=1S/C15H27N3O4S2/c1-9(13-11(8-24)17-15(22)18-13)4-2-3-5-12(19)16-10(6-7-23)14(20)21/h9-11,13,23-24H,2-8H2,1H3,(H,16,19)(H,20,21)(H2,17,18,22)/t9?,10?,11-,13+/m0/s1. The smallest absolute Gasteiger partial charge is 0.326 e. The Bertz CT molecular complexity index is 450. The lowest BCUT2D eigenvalue weighted by atomic mass is 9.92. The van der Waals surface area contributed by atoms with Gasteiger partial charge in [0.2, 0.25) is 5.91 Å². The molecule has 0 saturated carbocycles.